The highest BCUT2D eigenvalue weighted by molar-refractivity contribution is 6.33. The van der Waals surface area contributed by atoms with E-state index in [-0.39, 0.29) is 34.3 Å². The zero-order valence-electron chi connectivity index (χ0n) is 19.6. The summed E-state index contributed by atoms with van der Waals surface area (Å²) in [6, 6.07) is 17.6. The van der Waals surface area contributed by atoms with Crippen molar-refractivity contribution in [1.82, 2.24) is 14.3 Å². The normalized spacial score (nSPS) is 12.4. The predicted octanol–water partition coefficient (Wildman–Crippen LogP) is 4.37. The fourth-order valence-electron chi connectivity index (χ4n) is 3.95. The molecule has 4 aromatic rings. The molecule has 0 radical (unpaired) electrons. The Bertz CT molecular complexity index is 1540. The summed E-state index contributed by atoms with van der Waals surface area (Å²) >= 11 is 6.42. The summed E-state index contributed by atoms with van der Waals surface area (Å²) < 4.78 is 47.9. The lowest BCUT2D eigenvalue weighted by Crippen LogP contribution is -2.45. The Balaban J connectivity index is 1.91. The van der Waals surface area contributed by atoms with Crippen molar-refractivity contribution in [3.8, 4) is 11.4 Å². The standard InChI is InChI=1S/C26H22ClF3N4O3/c1-37-22-13-7-12-21(23(22)27)34-25(36)33(15-19(31)16-8-3-2-4-9-16)24(35)20(32-34)14-17-10-5-6-11-18(17)26(28,29)30/h2-13,19H,14-15,31H2,1H3. The molecule has 0 saturated carbocycles. The largest absolute Gasteiger partial charge is 0.495 e. The minimum Gasteiger partial charge on any atom is -0.495 e. The quantitative estimate of drug-likeness (QED) is 0.383. The van der Waals surface area contributed by atoms with Crippen molar-refractivity contribution >= 4 is 11.6 Å². The first-order valence-electron chi connectivity index (χ1n) is 11.1. The van der Waals surface area contributed by atoms with Gasteiger partial charge < -0.3 is 10.5 Å². The lowest BCUT2D eigenvalue weighted by atomic mass is 10.0. The summed E-state index contributed by atoms with van der Waals surface area (Å²) in [5.74, 6) is 0.246. The van der Waals surface area contributed by atoms with E-state index in [0.717, 1.165) is 15.3 Å². The maximum atomic E-state index is 13.6. The Labute approximate surface area is 214 Å². The van der Waals surface area contributed by atoms with Crippen molar-refractivity contribution < 1.29 is 17.9 Å². The molecule has 0 spiro atoms. The summed E-state index contributed by atoms with van der Waals surface area (Å²) in [4.78, 5) is 26.9. The van der Waals surface area contributed by atoms with Crippen LogP contribution in [0.4, 0.5) is 13.2 Å². The van der Waals surface area contributed by atoms with Gasteiger partial charge in [0, 0.05) is 12.5 Å². The molecule has 1 unspecified atom stereocenters. The van der Waals surface area contributed by atoms with E-state index in [1.165, 1.54) is 31.4 Å². The summed E-state index contributed by atoms with van der Waals surface area (Å²) in [7, 11) is 1.39. The first kappa shape index (κ1) is 26.2. The van der Waals surface area contributed by atoms with E-state index in [4.69, 9.17) is 22.1 Å². The van der Waals surface area contributed by atoms with E-state index in [0.29, 0.717) is 5.56 Å². The van der Waals surface area contributed by atoms with Crippen LogP contribution in [0.2, 0.25) is 5.02 Å². The summed E-state index contributed by atoms with van der Waals surface area (Å²) in [6.45, 7) is -0.236. The third-order valence-corrected chi connectivity index (χ3v) is 6.18. The van der Waals surface area contributed by atoms with Crippen LogP contribution in [0.25, 0.3) is 5.69 Å². The Morgan fingerprint density at radius 3 is 2.35 bits per heavy atom. The van der Waals surface area contributed by atoms with Crippen molar-refractivity contribution in [2.24, 2.45) is 5.73 Å². The minimum atomic E-state index is -4.64. The number of nitrogens with two attached hydrogens (primary N) is 1. The van der Waals surface area contributed by atoms with Gasteiger partial charge in [-0.15, -0.1) is 0 Å². The van der Waals surface area contributed by atoms with E-state index < -0.39 is 35.5 Å². The zero-order valence-corrected chi connectivity index (χ0v) is 20.3. The van der Waals surface area contributed by atoms with Gasteiger partial charge in [0.05, 0.1) is 24.9 Å². The Morgan fingerprint density at radius 1 is 1.00 bits per heavy atom. The highest BCUT2D eigenvalue weighted by Crippen LogP contribution is 2.33. The molecule has 0 aliphatic heterocycles. The zero-order chi connectivity index (χ0) is 26.7. The van der Waals surface area contributed by atoms with E-state index >= 15 is 0 Å². The fraction of sp³-hybridized carbons (Fsp3) is 0.192. The highest BCUT2D eigenvalue weighted by atomic mass is 35.5. The third kappa shape index (κ3) is 5.45. The smallest absolute Gasteiger partial charge is 0.416 e. The number of rotatable bonds is 7. The minimum absolute atomic E-state index is 0.0406. The number of hydrogen-bond donors (Lipinski definition) is 1. The van der Waals surface area contributed by atoms with Crippen LogP contribution in [0.5, 0.6) is 5.75 Å². The van der Waals surface area contributed by atoms with Crippen LogP contribution in [0.3, 0.4) is 0 Å². The molecule has 0 saturated heterocycles. The number of methoxy groups -OCH3 is 1. The van der Waals surface area contributed by atoms with Crippen LogP contribution >= 0.6 is 11.6 Å². The van der Waals surface area contributed by atoms with E-state index in [1.807, 2.05) is 0 Å². The van der Waals surface area contributed by atoms with E-state index in [9.17, 15) is 22.8 Å². The van der Waals surface area contributed by atoms with Crippen molar-refractivity contribution in [3.05, 3.63) is 121 Å². The maximum Gasteiger partial charge on any atom is 0.416 e. The van der Waals surface area contributed by atoms with Gasteiger partial charge in [0.15, 0.2) is 0 Å². The number of alkyl halides is 3. The van der Waals surface area contributed by atoms with Crippen molar-refractivity contribution in [3.63, 3.8) is 0 Å². The molecule has 1 heterocycles. The number of hydrogen-bond acceptors (Lipinski definition) is 5. The molecule has 0 fully saturated rings. The first-order valence-corrected chi connectivity index (χ1v) is 11.5. The second-order valence-electron chi connectivity index (χ2n) is 8.20. The molecule has 37 heavy (non-hydrogen) atoms. The Morgan fingerprint density at radius 2 is 1.68 bits per heavy atom. The second-order valence-corrected chi connectivity index (χ2v) is 8.58. The summed E-state index contributed by atoms with van der Waals surface area (Å²) in [5, 5.41) is 4.20. The molecule has 192 valence electrons. The molecule has 7 nitrogen and oxygen atoms in total. The average Bonchev–Trinajstić information content (AvgIpc) is 2.88. The van der Waals surface area contributed by atoms with Gasteiger partial charge in [-0.25, -0.2) is 4.79 Å². The molecule has 0 aliphatic carbocycles. The van der Waals surface area contributed by atoms with Gasteiger partial charge in [-0.1, -0.05) is 66.2 Å². The Kier molecular flexibility index (Phi) is 7.51. The van der Waals surface area contributed by atoms with Crippen LogP contribution in [0.1, 0.15) is 28.4 Å². The lowest BCUT2D eigenvalue weighted by Gasteiger charge is -2.18. The molecule has 2 N–H and O–H groups in total. The highest BCUT2D eigenvalue weighted by Gasteiger charge is 2.33. The number of halogens is 4. The molecule has 0 amide bonds. The van der Waals surface area contributed by atoms with Crippen LogP contribution in [-0.4, -0.2) is 21.5 Å². The van der Waals surface area contributed by atoms with Crippen LogP contribution < -0.4 is 21.7 Å². The number of nitrogens with zero attached hydrogens (tertiary/aromatic N) is 3. The molecule has 11 heteroatoms. The maximum absolute atomic E-state index is 13.6. The van der Waals surface area contributed by atoms with Gasteiger partial charge in [-0.2, -0.15) is 23.0 Å². The van der Waals surface area contributed by atoms with Crippen molar-refractivity contribution in [1.29, 1.82) is 0 Å². The monoisotopic (exact) mass is 530 g/mol. The molecule has 0 aliphatic rings. The molecular weight excluding hydrogens is 509 g/mol. The molecule has 1 aromatic heterocycles. The SMILES string of the molecule is COc1cccc(-n2nc(Cc3ccccc3C(F)(F)F)c(=O)n(CC(N)c3ccccc3)c2=O)c1Cl. The lowest BCUT2D eigenvalue weighted by molar-refractivity contribution is -0.138. The van der Waals surface area contributed by atoms with Crippen LogP contribution in [0, 0.1) is 0 Å². The van der Waals surface area contributed by atoms with Gasteiger partial charge in [-0.05, 0) is 29.3 Å². The average molecular weight is 531 g/mol. The number of aromatic nitrogens is 3. The molecular formula is C26H22ClF3N4O3. The van der Waals surface area contributed by atoms with E-state index in [1.54, 1.807) is 42.5 Å². The van der Waals surface area contributed by atoms with Gasteiger partial charge in [-0.3, -0.25) is 9.36 Å². The van der Waals surface area contributed by atoms with Gasteiger partial charge in [0.25, 0.3) is 5.56 Å². The van der Waals surface area contributed by atoms with Gasteiger partial charge in [0.2, 0.25) is 0 Å². The number of benzene rings is 3. The summed E-state index contributed by atoms with van der Waals surface area (Å²) in [6.07, 6.45) is -5.12. The predicted molar refractivity (Wildman–Crippen MR) is 133 cm³/mol. The molecule has 0 bridgehead atoms. The molecule has 4 rings (SSSR count). The molecule has 1 atom stereocenters. The van der Waals surface area contributed by atoms with Crippen LogP contribution in [0.15, 0.2) is 82.4 Å². The van der Waals surface area contributed by atoms with E-state index in [2.05, 4.69) is 5.10 Å². The van der Waals surface area contributed by atoms with Gasteiger partial charge in [0.1, 0.15) is 16.5 Å². The first-order chi connectivity index (χ1) is 17.6. The second kappa shape index (κ2) is 10.6. The fourth-order valence-corrected chi connectivity index (χ4v) is 4.23. The third-order valence-electron chi connectivity index (χ3n) is 5.80. The number of ether oxygens (including phenoxy) is 1. The van der Waals surface area contributed by atoms with Gasteiger partial charge >= 0.3 is 11.9 Å². The van der Waals surface area contributed by atoms with Crippen LogP contribution in [-0.2, 0) is 19.1 Å². The molecule has 3 aromatic carbocycles. The summed E-state index contributed by atoms with van der Waals surface area (Å²) in [5.41, 5.74) is 4.01. The topological polar surface area (TPSA) is 92.1 Å². The Hall–Kier alpha value is -3.89. The van der Waals surface area contributed by atoms with Crippen molar-refractivity contribution in [2.45, 2.75) is 25.2 Å². The van der Waals surface area contributed by atoms with Crippen molar-refractivity contribution in [2.75, 3.05) is 7.11 Å².